The number of hydrogen-bond donors (Lipinski definition) is 3. The van der Waals surface area contributed by atoms with Crippen LogP contribution in [0.4, 0.5) is 0 Å². The molecule has 3 nitrogen and oxygen atoms in total. The molecule has 2 unspecified atom stereocenters. The quantitative estimate of drug-likeness (QED) is 0.730. The van der Waals surface area contributed by atoms with Gasteiger partial charge in [0.25, 0.3) is 0 Å². The van der Waals surface area contributed by atoms with E-state index in [1.54, 1.807) is 12.1 Å². The summed E-state index contributed by atoms with van der Waals surface area (Å²) in [5.74, 6) is 1.42. The van der Waals surface area contributed by atoms with E-state index < -0.39 is 0 Å². The zero-order chi connectivity index (χ0) is 12.1. The summed E-state index contributed by atoms with van der Waals surface area (Å²) in [6, 6.07) is 7.28. The molecule has 0 spiro atoms. The number of aliphatic hydroxyl groups excluding tert-OH is 1. The Bertz CT molecular complexity index is 337. The zero-order valence-corrected chi connectivity index (χ0v) is 10.1. The summed E-state index contributed by atoms with van der Waals surface area (Å²) in [5.41, 5.74) is 1.18. The molecular formula is C14H21NO2. The maximum absolute atomic E-state index is 9.23. The van der Waals surface area contributed by atoms with Crippen molar-refractivity contribution in [3.63, 3.8) is 0 Å². The van der Waals surface area contributed by atoms with Crippen LogP contribution in [0.2, 0.25) is 0 Å². The third-order valence-corrected chi connectivity index (χ3v) is 3.72. The first-order chi connectivity index (χ1) is 8.29. The van der Waals surface area contributed by atoms with Crippen molar-refractivity contribution in [3.8, 4) is 5.75 Å². The van der Waals surface area contributed by atoms with E-state index in [2.05, 4.69) is 5.32 Å². The van der Waals surface area contributed by atoms with Gasteiger partial charge in [-0.05, 0) is 48.9 Å². The Morgan fingerprint density at radius 3 is 2.53 bits per heavy atom. The van der Waals surface area contributed by atoms with Gasteiger partial charge in [-0.2, -0.15) is 0 Å². The fourth-order valence-electron chi connectivity index (χ4n) is 2.64. The average molecular weight is 235 g/mol. The number of phenols is 1. The van der Waals surface area contributed by atoms with E-state index in [1.807, 2.05) is 12.1 Å². The molecule has 94 valence electrons. The maximum Gasteiger partial charge on any atom is 0.115 e. The third-order valence-electron chi connectivity index (χ3n) is 3.72. The first-order valence-corrected chi connectivity index (χ1v) is 6.39. The highest BCUT2D eigenvalue weighted by Crippen LogP contribution is 2.30. The Labute approximate surface area is 102 Å². The minimum absolute atomic E-state index is 0.310. The Balaban J connectivity index is 1.74. The number of aliphatic hydroxyl groups is 1. The second kappa shape index (κ2) is 6.03. The van der Waals surface area contributed by atoms with Gasteiger partial charge < -0.3 is 15.5 Å². The minimum atomic E-state index is 0.310. The molecule has 0 radical (unpaired) electrons. The van der Waals surface area contributed by atoms with E-state index in [1.165, 1.54) is 24.8 Å². The van der Waals surface area contributed by atoms with E-state index in [4.69, 9.17) is 0 Å². The SMILES string of the molecule is OCC1CCCC1CNCc1ccc(O)cc1. The van der Waals surface area contributed by atoms with Crippen molar-refractivity contribution in [1.82, 2.24) is 5.32 Å². The van der Waals surface area contributed by atoms with Crippen LogP contribution in [-0.4, -0.2) is 23.4 Å². The topological polar surface area (TPSA) is 52.5 Å². The van der Waals surface area contributed by atoms with Crippen LogP contribution in [0, 0.1) is 11.8 Å². The molecule has 1 fully saturated rings. The third kappa shape index (κ3) is 3.45. The lowest BCUT2D eigenvalue weighted by atomic mass is 9.97. The molecule has 1 aromatic rings. The van der Waals surface area contributed by atoms with Gasteiger partial charge in [0.15, 0.2) is 0 Å². The Morgan fingerprint density at radius 2 is 1.82 bits per heavy atom. The van der Waals surface area contributed by atoms with E-state index >= 15 is 0 Å². The first-order valence-electron chi connectivity index (χ1n) is 6.39. The molecule has 0 aliphatic heterocycles. The highest BCUT2D eigenvalue weighted by atomic mass is 16.3. The van der Waals surface area contributed by atoms with Gasteiger partial charge in [0.2, 0.25) is 0 Å². The van der Waals surface area contributed by atoms with Crippen LogP contribution in [-0.2, 0) is 6.54 Å². The largest absolute Gasteiger partial charge is 0.508 e. The van der Waals surface area contributed by atoms with Gasteiger partial charge >= 0.3 is 0 Å². The van der Waals surface area contributed by atoms with Crippen LogP contribution in [0.3, 0.4) is 0 Å². The molecule has 0 saturated heterocycles. The highest BCUT2D eigenvalue weighted by Gasteiger charge is 2.25. The van der Waals surface area contributed by atoms with Crippen LogP contribution >= 0.6 is 0 Å². The van der Waals surface area contributed by atoms with E-state index in [9.17, 15) is 10.2 Å². The predicted octanol–water partition coefficient (Wildman–Crippen LogP) is 1.89. The van der Waals surface area contributed by atoms with Gasteiger partial charge in [-0.25, -0.2) is 0 Å². The molecule has 3 N–H and O–H groups in total. The van der Waals surface area contributed by atoms with Crippen LogP contribution in [0.25, 0.3) is 0 Å². The van der Waals surface area contributed by atoms with Crippen LogP contribution < -0.4 is 5.32 Å². The highest BCUT2D eigenvalue weighted by molar-refractivity contribution is 5.25. The van der Waals surface area contributed by atoms with Gasteiger partial charge in [0.05, 0.1) is 0 Å². The van der Waals surface area contributed by atoms with Crippen molar-refractivity contribution in [3.05, 3.63) is 29.8 Å². The van der Waals surface area contributed by atoms with Gasteiger partial charge in [-0.1, -0.05) is 18.6 Å². The molecule has 1 aliphatic carbocycles. The van der Waals surface area contributed by atoms with Gasteiger partial charge in [0, 0.05) is 13.2 Å². The van der Waals surface area contributed by atoms with Crippen molar-refractivity contribution in [2.45, 2.75) is 25.8 Å². The second-order valence-corrected chi connectivity index (χ2v) is 4.93. The van der Waals surface area contributed by atoms with Crippen molar-refractivity contribution in [2.24, 2.45) is 11.8 Å². The fourth-order valence-corrected chi connectivity index (χ4v) is 2.64. The predicted molar refractivity (Wildman–Crippen MR) is 67.7 cm³/mol. The molecule has 0 amide bonds. The molecule has 0 aromatic heterocycles. The average Bonchev–Trinajstić information content (AvgIpc) is 2.79. The number of aromatic hydroxyl groups is 1. The van der Waals surface area contributed by atoms with Gasteiger partial charge in [0.1, 0.15) is 5.75 Å². The maximum atomic E-state index is 9.23. The minimum Gasteiger partial charge on any atom is -0.508 e. The molecule has 2 rings (SSSR count). The lowest BCUT2D eigenvalue weighted by molar-refractivity contribution is 0.192. The summed E-state index contributed by atoms with van der Waals surface area (Å²) >= 11 is 0. The van der Waals surface area contributed by atoms with Crippen molar-refractivity contribution >= 4 is 0 Å². The number of nitrogens with one attached hydrogen (secondary N) is 1. The van der Waals surface area contributed by atoms with Gasteiger partial charge in [-0.3, -0.25) is 0 Å². The Hall–Kier alpha value is -1.06. The van der Waals surface area contributed by atoms with E-state index in [-0.39, 0.29) is 0 Å². The van der Waals surface area contributed by atoms with E-state index in [0.29, 0.717) is 24.2 Å². The Morgan fingerprint density at radius 1 is 1.12 bits per heavy atom. The summed E-state index contributed by atoms with van der Waals surface area (Å²) in [6.07, 6.45) is 3.65. The monoisotopic (exact) mass is 235 g/mol. The summed E-state index contributed by atoms with van der Waals surface area (Å²) in [4.78, 5) is 0. The molecule has 2 atom stereocenters. The fraction of sp³-hybridized carbons (Fsp3) is 0.571. The summed E-state index contributed by atoms with van der Waals surface area (Å²) in [6.45, 7) is 2.13. The molecule has 1 saturated carbocycles. The molecular weight excluding hydrogens is 214 g/mol. The Kier molecular flexibility index (Phi) is 4.40. The van der Waals surface area contributed by atoms with Crippen LogP contribution in [0.5, 0.6) is 5.75 Å². The standard InChI is InChI=1S/C14H21NO2/c16-10-13-3-1-2-12(13)9-15-8-11-4-6-14(17)7-5-11/h4-7,12-13,15-17H,1-3,8-10H2. The van der Waals surface area contributed by atoms with Crippen LogP contribution in [0.15, 0.2) is 24.3 Å². The molecule has 0 heterocycles. The number of rotatable bonds is 5. The molecule has 1 aliphatic rings. The summed E-state index contributed by atoms with van der Waals surface area (Å²) in [7, 11) is 0. The van der Waals surface area contributed by atoms with Crippen molar-refractivity contribution < 1.29 is 10.2 Å². The molecule has 3 heteroatoms. The second-order valence-electron chi connectivity index (χ2n) is 4.93. The van der Waals surface area contributed by atoms with Crippen LogP contribution in [0.1, 0.15) is 24.8 Å². The van der Waals surface area contributed by atoms with Gasteiger partial charge in [-0.15, -0.1) is 0 Å². The van der Waals surface area contributed by atoms with Crippen molar-refractivity contribution in [1.29, 1.82) is 0 Å². The van der Waals surface area contributed by atoms with E-state index in [0.717, 1.165) is 13.1 Å². The zero-order valence-electron chi connectivity index (χ0n) is 10.1. The van der Waals surface area contributed by atoms with Crippen molar-refractivity contribution in [2.75, 3.05) is 13.2 Å². The lowest BCUT2D eigenvalue weighted by Gasteiger charge is -2.17. The normalized spacial score (nSPS) is 24.1. The molecule has 17 heavy (non-hydrogen) atoms. The lowest BCUT2D eigenvalue weighted by Crippen LogP contribution is -2.26. The number of benzene rings is 1. The number of hydrogen-bond acceptors (Lipinski definition) is 3. The summed E-state index contributed by atoms with van der Waals surface area (Å²) in [5, 5.41) is 21.8. The first kappa shape index (κ1) is 12.4. The molecule has 0 bridgehead atoms. The smallest absolute Gasteiger partial charge is 0.115 e. The summed E-state index contributed by atoms with van der Waals surface area (Å²) < 4.78 is 0. The number of phenolic OH excluding ortho intramolecular Hbond substituents is 1. The molecule has 1 aromatic carbocycles.